The number of para-hydroxylation sites is 2. The molecule has 0 saturated heterocycles. The summed E-state index contributed by atoms with van der Waals surface area (Å²) in [6, 6.07) is 16.2. The van der Waals surface area contributed by atoms with Crippen molar-refractivity contribution in [1.82, 2.24) is 0 Å². The third-order valence-electron chi connectivity index (χ3n) is 3.36. The van der Waals surface area contributed by atoms with E-state index in [1.54, 1.807) is 37.3 Å². The summed E-state index contributed by atoms with van der Waals surface area (Å²) in [4.78, 5) is 12.3. The summed E-state index contributed by atoms with van der Waals surface area (Å²) in [7, 11) is 0. The Morgan fingerprint density at radius 1 is 1.14 bits per heavy atom. The zero-order valence-corrected chi connectivity index (χ0v) is 11.9. The van der Waals surface area contributed by atoms with Crippen LogP contribution in [0.4, 0.5) is 5.69 Å². The van der Waals surface area contributed by atoms with Crippen molar-refractivity contribution in [2.24, 2.45) is 5.16 Å². The van der Waals surface area contributed by atoms with Gasteiger partial charge in [-0.3, -0.25) is 4.79 Å². The standard InChI is InChI=1S/C17H14N2O3/c1-11(19-21)13-7-3-4-8-14(13)18-17(20)16-10-12-6-2-5-9-15(12)22-16/h2-10,21H,1H3,(H,18,20)/b19-11+. The monoisotopic (exact) mass is 294 g/mol. The normalized spacial score (nSPS) is 11.6. The number of carbonyl (C=O) groups excluding carboxylic acids is 1. The molecule has 3 aromatic rings. The molecule has 22 heavy (non-hydrogen) atoms. The van der Waals surface area contributed by atoms with Gasteiger partial charge in [0, 0.05) is 10.9 Å². The predicted octanol–water partition coefficient (Wildman–Crippen LogP) is 3.88. The fourth-order valence-electron chi connectivity index (χ4n) is 2.24. The zero-order chi connectivity index (χ0) is 15.5. The smallest absolute Gasteiger partial charge is 0.291 e. The van der Waals surface area contributed by atoms with E-state index < -0.39 is 0 Å². The van der Waals surface area contributed by atoms with E-state index in [9.17, 15) is 4.79 Å². The first-order valence-electron chi connectivity index (χ1n) is 6.77. The van der Waals surface area contributed by atoms with Gasteiger partial charge < -0.3 is 14.9 Å². The lowest BCUT2D eigenvalue weighted by Crippen LogP contribution is -2.13. The number of rotatable bonds is 3. The van der Waals surface area contributed by atoms with E-state index in [2.05, 4.69) is 10.5 Å². The van der Waals surface area contributed by atoms with Crippen molar-refractivity contribution < 1.29 is 14.4 Å². The molecular weight excluding hydrogens is 280 g/mol. The quantitative estimate of drug-likeness (QED) is 0.437. The van der Waals surface area contributed by atoms with Crippen LogP contribution in [0.3, 0.4) is 0 Å². The average Bonchev–Trinajstić information content (AvgIpc) is 2.99. The maximum atomic E-state index is 12.3. The van der Waals surface area contributed by atoms with Gasteiger partial charge in [0.1, 0.15) is 5.58 Å². The molecule has 5 heteroatoms. The average molecular weight is 294 g/mol. The lowest BCUT2D eigenvalue weighted by molar-refractivity contribution is 0.0998. The van der Waals surface area contributed by atoms with Crippen molar-refractivity contribution in [3.05, 3.63) is 65.9 Å². The molecule has 0 saturated carbocycles. The van der Waals surface area contributed by atoms with E-state index in [0.29, 0.717) is 22.5 Å². The molecule has 1 aromatic heterocycles. The number of oxime groups is 1. The summed E-state index contributed by atoms with van der Waals surface area (Å²) in [5.41, 5.74) is 2.28. The summed E-state index contributed by atoms with van der Waals surface area (Å²) < 4.78 is 5.54. The molecule has 0 fully saturated rings. The van der Waals surface area contributed by atoms with Crippen LogP contribution >= 0.6 is 0 Å². The minimum atomic E-state index is -0.352. The minimum absolute atomic E-state index is 0.231. The Balaban J connectivity index is 1.91. The molecule has 3 rings (SSSR count). The van der Waals surface area contributed by atoms with Crippen LogP contribution in [0.15, 0.2) is 64.2 Å². The van der Waals surface area contributed by atoms with E-state index in [1.165, 1.54) is 0 Å². The number of nitrogens with one attached hydrogen (secondary N) is 1. The predicted molar refractivity (Wildman–Crippen MR) is 84.6 cm³/mol. The third kappa shape index (κ3) is 2.56. The van der Waals surface area contributed by atoms with Crippen molar-refractivity contribution in [1.29, 1.82) is 0 Å². The van der Waals surface area contributed by atoms with E-state index in [-0.39, 0.29) is 11.7 Å². The first-order chi connectivity index (χ1) is 10.7. The number of benzene rings is 2. The number of fused-ring (bicyclic) bond motifs is 1. The van der Waals surface area contributed by atoms with E-state index in [0.717, 1.165) is 5.39 Å². The Kier molecular flexibility index (Phi) is 3.62. The van der Waals surface area contributed by atoms with Crippen LogP contribution < -0.4 is 5.32 Å². The Morgan fingerprint density at radius 3 is 2.64 bits per heavy atom. The first kappa shape index (κ1) is 13.9. The summed E-state index contributed by atoms with van der Waals surface area (Å²) in [5, 5.41) is 15.7. The highest BCUT2D eigenvalue weighted by molar-refractivity contribution is 6.10. The number of amides is 1. The van der Waals surface area contributed by atoms with Crippen molar-refractivity contribution in [2.75, 3.05) is 5.32 Å². The van der Waals surface area contributed by atoms with Gasteiger partial charge in [-0.2, -0.15) is 0 Å². The summed E-state index contributed by atoms with van der Waals surface area (Å²) >= 11 is 0. The highest BCUT2D eigenvalue weighted by Gasteiger charge is 2.14. The van der Waals surface area contributed by atoms with Crippen molar-refractivity contribution >= 4 is 28.3 Å². The second-order valence-electron chi connectivity index (χ2n) is 4.83. The molecule has 0 radical (unpaired) electrons. The van der Waals surface area contributed by atoms with Crippen molar-refractivity contribution in [3.8, 4) is 0 Å². The number of hydrogen-bond donors (Lipinski definition) is 2. The summed E-state index contributed by atoms with van der Waals surface area (Å²) in [5.74, 6) is -0.121. The minimum Gasteiger partial charge on any atom is -0.451 e. The Hall–Kier alpha value is -3.08. The number of hydrogen-bond acceptors (Lipinski definition) is 4. The van der Waals surface area contributed by atoms with Gasteiger partial charge in [0.25, 0.3) is 5.91 Å². The lowest BCUT2D eigenvalue weighted by Gasteiger charge is -2.08. The molecule has 0 aliphatic rings. The van der Waals surface area contributed by atoms with Crippen LogP contribution in [-0.4, -0.2) is 16.8 Å². The molecule has 2 N–H and O–H groups in total. The van der Waals surface area contributed by atoms with Crippen LogP contribution in [0.1, 0.15) is 23.0 Å². The molecule has 0 aliphatic heterocycles. The highest BCUT2D eigenvalue weighted by Crippen LogP contribution is 2.21. The van der Waals surface area contributed by atoms with Gasteiger partial charge in [0.15, 0.2) is 5.76 Å². The molecule has 0 atom stereocenters. The fraction of sp³-hybridized carbons (Fsp3) is 0.0588. The molecule has 1 heterocycles. The van der Waals surface area contributed by atoms with Gasteiger partial charge in [0.05, 0.1) is 11.4 Å². The first-order valence-corrected chi connectivity index (χ1v) is 6.77. The highest BCUT2D eigenvalue weighted by atomic mass is 16.4. The molecule has 0 unspecified atom stereocenters. The van der Waals surface area contributed by atoms with Gasteiger partial charge in [-0.05, 0) is 25.1 Å². The second-order valence-corrected chi connectivity index (χ2v) is 4.83. The molecular formula is C17H14N2O3. The maximum Gasteiger partial charge on any atom is 0.291 e. The molecule has 0 aliphatic carbocycles. The number of nitrogens with zero attached hydrogens (tertiary/aromatic N) is 1. The fourth-order valence-corrected chi connectivity index (χ4v) is 2.24. The molecule has 5 nitrogen and oxygen atoms in total. The molecule has 2 aromatic carbocycles. The Bertz CT molecular complexity index is 832. The lowest BCUT2D eigenvalue weighted by atomic mass is 10.1. The Labute approximate surface area is 126 Å². The largest absolute Gasteiger partial charge is 0.451 e. The van der Waals surface area contributed by atoms with Gasteiger partial charge in [-0.25, -0.2) is 0 Å². The summed E-state index contributed by atoms with van der Waals surface area (Å²) in [6.45, 7) is 1.66. The number of carbonyl (C=O) groups is 1. The van der Waals surface area contributed by atoms with Crippen molar-refractivity contribution in [3.63, 3.8) is 0 Å². The molecule has 0 spiro atoms. The zero-order valence-electron chi connectivity index (χ0n) is 11.9. The molecule has 1 amide bonds. The molecule has 110 valence electrons. The van der Waals surface area contributed by atoms with Crippen LogP contribution in [0.25, 0.3) is 11.0 Å². The second kappa shape index (κ2) is 5.73. The van der Waals surface area contributed by atoms with Gasteiger partial charge in [0.2, 0.25) is 0 Å². The van der Waals surface area contributed by atoms with Crippen LogP contribution in [0, 0.1) is 0 Å². The van der Waals surface area contributed by atoms with Crippen LogP contribution in [0.5, 0.6) is 0 Å². The summed E-state index contributed by atoms with van der Waals surface area (Å²) in [6.07, 6.45) is 0. The number of furan rings is 1. The van der Waals surface area contributed by atoms with E-state index in [1.807, 2.05) is 24.3 Å². The maximum absolute atomic E-state index is 12.3. The van der Waals surface area contributed by atoms with Gasteiger partial charge >= 0.3 is 0 Å². The topological polar surface area (TPSA) is 74.8 Å². The van der Waals surface area contributed by atoms with Gasteiger partial charge in [-0.1, -0.05) is 41.6 Å². The SMILES string of the molecule is C/C(=N\O)c1ccccc1NC(=O)c1cc2ccccc2o1. The van der Waals surface area contributed by atoms with E-state index >= 15 is 0 Å². The number of anilines is 1. The van der Waals surface area contributed by atoms with Crippen molar-refractivity contribution in [2.45, 2.75) is 6.92 Å². The van der Waals surface area contributed by atoms with Crippen LogP contribution in [-0.2, 0) is 0 Å². The third-order valence-corrected chi connectivity index (χ3v) is 3.36. The van der Waals surface area contributed by atoms with Crippen LogP contribution in [0.2, 0.25) is 0 Å². The Morgan fingerprint density at radius 2 is 1.86 bits per heavy atom. The van der Waals surface area contributed by atoms with E-state index in [4.69, 9.17) is 9.62 Å². The van der Waals surface area contributed by atoms with Gasteiger partial charge in [-0.15, -0.1) is 0 Å². The molecule has 0 bridgehead atoms.